The number of amides is 1. The van der Waals surface area contributed by atoms with Crippen LogP contribution in [0.25, 0.3) is 10.9 Å². The first kappa shape index (κ1) is 19.4. The highest BCUT2D eigenvalue weighted by atomic mass is 79.9. The maximum absolute atomic E-state index is 12.4. The highest BCUT2D eigenvalue weighted by molar-refractivity contribution is 9.10. The van der Waals surface area contributed by atoms with Gasteiger partial charge in [0.25, 0.3) is 0 Å². The third-order valence-corrected chi connectivity index (χ3v) is 7.57. The Morgan fingerprint density at radius 2 is 2.20 bits per heavy atom. The molecule has 1 amide bonds. The zero-order valence-electron chi connectivity index (χ0n) is 17.1. The zero-order valence-corrected chi connectivity index (χ0v) is 18.7. The van der Waals surface area contributed by atoms with Gasteiger partial charge in [-0.3, -0.25) is 4.79 Å². The number of H-pyrrole nitrogens is 1. The van der Waals surface area contributed by atoms with Gasteiger partial charge >= 0.3 is 0 Å². The van der Waals surface area contributed by atoms with Crippen molar-refractivity contribution >= 4 is 32.7 Å². The van der Waals surface area contributed by atoms with Crippen molar-refractivity contribution < 1.29 is 9.53 Å². The summed E-state index contributed by atoms with van der Waals surface area (Å²) < 4.78 is 6.62. The minimum absolute atomic E-state index is 0.0163. The van der Waals surface area contributed by atoms with E-state index in [1.807, 2.05) is 11.0 Å². The maximum atomic E-state index is 12.4. The molecule has 2 aromatic carbocycles. The summed E-state index contributed by atoms with van der Waals surface area (Å²) in [4.78, 5) is 18.1. The Hall–Kier alpha value is -2.53. The van der Waals surface area contributed by atoms with E-state index in [0.717, 1.165) is 42.6 Å². The summed E-state index contributed by atoms with van der Waals surface area (Å²) in [5, 5.41) is 1.29. The SMILES string of the molecule is C=CC(=O)N1CCC2(c3cccc(OC)c3)Cc3[nH]c4cc(Br)ccc4c3CC2C1. The van der Waals surface area contributed by atoms with Crippen molar-refractivity contribution in [1.82, 2.24) is 9.88 Å². The molecule has 154 valence electrons. The van der Waals surface area contributed by atoms with E-state index in [4.69, 9.17) is 4.74 Å². The Bertz CT molecular complexity index is 1150. The molecule has 2 heterocycles. The standard InChI is InChI=1S/C25H25BrN2O2/c1-3-24(29)28-10-9-25(16-5-4-6-19(11-16)30-2)14-23-21(12-17(25)15-28)20-8-7-18(26)13-22(20)27-23/h3-8,11,13,17,27H,1,9-10,12,14-15H2,2H3. The first-order chi connectivity index (χ1) is 14.5. The van der Waals surface area contributed by atoms with Crippen LogP contribution in [0, 0.1) is 5.92 Å². The average Bonchev–Trinajstić information content (AvgIpc) is 3.12. The molecule has 2 unspecified atom stereocenters. The second kappa shape index (κ2) is 7.31. The Labute approximate surface area is 185 Å². The van der Waals surface area contributed by atoms with Gasteiger partial charge in [-0.15, -0.1) is 0 Å². The number of hydrogen-bond acceptors (Lipinski definition) is 2. The lowest BCUT2D eigenvalue weighted by atomic mass is 9.58. The molecular weight excluding hydrogens is 440 g/mol. The topological polar surface area (TPSA) is 45.3 Å². The number of carbonyl (C=O) groups is 1. The number of methoxy groups -OCH3 is 1. The second-order valence-corrected chi connectivity index (χ2v) is 9.39. The van der Waals surface area contributed by atoms with E-state index in [1.54, 1.807) is 7.11 Å². The third-order valence-electron chi connectivity index (χ3n) is 7.08. The number of fused-ring (bicyclic) bond motifs is 4. The molecule has 5 heteroatoms. The molecule has 0 spiro atoms. The number of carbonyl (C=O) groups excluding carboxylic acids is 1. The summed E-state index contributed by atoms with van der Waals surface area (Å²) in [6, 6.07) is 15.0. The number of likely N-dealkylation sites (tertiary alicyclic amines) is 1. The van der Waals surface area contributed by atoms with Gasteiger partial charge in [-0.2, -0.15) is 0 Å². The van der Waals surface area contributed by atoms with Gasteiger partial charge in [0.2, 0.25) is 5.91 Å². The number of rotatable bonds is 3. The van der Waals surface area contributed by atoms with E-state index in [1.165, 1.54) is 33.8 Å². The Morgan fingerprint density at radius 1 is 1.33 bits per heavy atom. The van der Waals surface area contributed by atoms with Gasteiger partial charge in [-0.25, -0.2) is 0 Å². The highest BCUT2D eigenvalue weighted by Crippen LogP contribution is 2.49. The van der Waals surface area contributed by atoms with Crippen LogP contribution >= 0.6 is 15.9 Å². The molecule has 4 nitrogen and oxygen atoms in total. The lowest BCUT2D eigenvalue weighted by Crippen LogP contribution is -2.54. The number of benzene rings is 2. The van der Waals surface area contributed by atoms with E-state index in [2.05, 4.69) is 63.9 Å². The Morgan fingerprint density at radius 3 is 3.00 bits per heavy atom. The van der Waals surface area contributed by atoms with Crippen molar-refractivity contribution in [2.75, 3.05) is 20.2 Å². The fourth-order valence-electron chi connectivity index (χ4n) is 5.54. The minimum Gasteiger partial charge on any atom is -0.497 e. The van der Waals surface area contributed by atoms with Crippen LogP contribution in [-0.2, 0) is 23.1 Å². The van der Waals surface area contributed by atoms with Crippen molar-refractivity contribution in [2.24, 2.45) is 5.92 Å². The van der Waals surface area contributed by atoms with Gasteiger partial charge in [0.15, 0.2) is 0 Å². The smallest absolute Gasteiger partial charge is 0.245 e. The Kier molecular flexibility index (Phi) is 4.73. The zero-order chi connectivity index (χ0) is 20.9. The van der Waals surface area contributed by atoms with Crippen LogP contribution in [-0.4, -0.2) is 36.0 Å². The van der Waals surface area contributed by atoms with Gasteiger partial charge < -0.3 is 14.6 Å². The molecule has 0 radical (unpaired) electrons. The molecule has 1 saturated heterocycles. The monoisotopic (exact) mass is 464 g/mol. The molecule has 1 aliphatic heterocycles. The molecule has 1 N–H and O–H groups in total. The predicted molar refractivity (Wildman–Crippen MR) is 123 cm³/mol. The summed E-state index contributed by atoms with van der Waals surface area (Å²) in [5.41, 5.74) is 5.19. The van der Waals surface area contributed by atoms with Crippen LogP contribution in [0.5, 0.6) is 5.75 Å². The Balaban J connectivity index is 1.64. The highest BCUT2D eigenvalue weighted by Gasteiger charge is 2.48. The first-order valence-electron chi connectivity index (χ1n) is 10.4. The average molecular weight is 465 g/mol. The predicted octanol–water partition coefficient (Wildman–Crippen LogP) is 5.01. The van der Waals surface area contributed by atoms with E-state index >= 15 is 0 Å². The maximum Gasteiger partial charge on any atom is 0.245 e. The minimum atomic E-state index is -0.0163. The molecule has 5 rings (SSSR count). The number of piperidine rings is 1. The molecule has 30 heavy (non-hydrogen) atoms. The van der Waals surface area contributed by atoms with Crippen LogP contribution in [0.1, 0.15) is 23.2 Å². The van der Waals surface area contributed by atoms with Crippen molar-refractivity contribution in [3.63, 3.8) is 0 Å². The van der Waals surface area contributed by atoms with Crippen molar-refractivity contribution in [3.8, 4) is 5.75 Å². The van der Waals surface area contributed by atoms with Gasteiger partial charge in [0.1, 0.15) is 5.75 Å². The molecule has 0 bridgehead atoms. The van der Waals surface area contributed by atoms with Crippen LogP contribution in [0.4, 0.5) is 0 Å². The summed E-state index contributed by atoms with van der Waals surface area (Å²) in [7, 11) is 1.72. The van der Waals surface area contributed by atoms with Crippen LogP contribution in [0.15, 0.2) is 59.6 Å². The van der Waals surface area contributed by atoms with Gasteiger partial charge in [-0.1, -0.05) is 40.7 Å². The largest absolute Gasteiger partial charge is 0.497 e. The number of hydrogen-bond donors (Lipinski definition) is 1. The van der Waals surface area contributed by atoms with Crippen LogP contribution in [0.2, 0.25) is 0 Å². The quantitative estimate of drug-likeness (QED) is 0.553. The second-order valence-electron chi connectivity index (χ2n) is 8.48. The van der Waals surface area contributed by atoms with Gasteiger partial charge in [0, 0.05) is 39.6 Å². The fourth-order valence-corrected chi connectivity index (χ4v) is 5.90. The van der Waals surface area contributed by atoms with E-state index in [-0.39, 0.29) is 11.3 Å². The van der Waals surface area contributed by atoms with E-state index < -0.39 is 0 Å². The summed E-state index contributed by atoms with van der Waals surface area (Å²) in [6.45, 7) is 5.20. The normalized spacial score (nSPS) is 23.0. The molecule has 3 aromatic rings. The number of halogens is 1. The van der Waals surface area contributed by atoms with E-state index in [0.29, 0.717) is 5.92 Å². The number of aromatic amines is 1. The van der Waals surface area contributed by atoms with E-state index in [9.17, 15) is 4.79 Å². The van der Waals surface area contributed by atoms with Crippen molar-refractivity contribution in [3.05, 3.63) is 76.4 Å². The molecule has 2 aliphatic rings. The number of ether oxygens (including phenoxy) is 1. The lowest BCUT2D eigenvalue weighted by Gasteiger charge is -2.51. The fraction of sp³-hybridized carbons (Fsp3) is 0.320. The van der Waals surface area contributed by atoms with Gasteiger partial charge in [0.05, 0.1) is 7.11 Å². The van der Waals surface area contributed by atoms with Crippen LogP contribution in [0.3, 0.4) is 0 Å². The van der Waals surface area contributed by atoms with Crippen molar-refractivity contribution in [1.29, 1.82) is 0 Å². The first-order valence-corrected chi connectivity index (χ1v) is 11.2. The van der Waals surface area contributed by atoms with Crippen molar-refractivity contribution in [2.45, 2.75) is 24.7 Å². The molecular formula is C25H25BrN2O2. The van der Waals surface area contributed by atoms with Crippen LogP contribution < -0.4 is 4.74 Å². The number of nitrogens with one attached hydrogen (secondary N) is 1. The molecule has 2 atom stereocenters. The number of nitrogens with zero attached hydrogens (tertiary/aromatic N) is 1. The summed E-state index contributed by atoms with van der Waals surface area (Å²) in [5.74, 6) is 1.26. The number of aromatic nitrogens is 1. The van der Waals surface area contributed by atoms with Gasteiger partial charge in [-0.05, 0) is 66.6 Å². The lowest BCUT2D eigenvalue weighted by molar-refractivity contribution is -0.129. The summed E-state index contributed by atoms with van der Waals surface area (Å²) >= 11 is 3.59. The molecule has 1 aliphatic carbocycles. The third kappa shape index (κ3) is 2.99. The molecule has 1 fully saturated rings. The summed E-state index contributed by atoms with van der Waals surface area (Å²) in [6.07, 6.45) is 4.27. The molecule has 1 aromatic heterocycles. The molecule has 0 saturated carbocycles.